The molecule has 114 valence electrons. The van der Waals surface area contributed by atoms with Crippen molar-refractivity contribution in [2.75, 3.05) is 33.7 Å². The summed E-state index contributed by atoms with van der Waals surface area (Å²) in [6.45, 7) is 7.50. The van der Waals surface area contributed by atoms with Crippen molar-refractivity contribution in [1.29, 1.82) is 0 Å². The maximum absolute atomic E-state index is 6.62. The van der Waals surface area contributed by atoms with Crippen molar-refractivity contribution in [2.24, 2.45) is 5.73 Å². The van der Waals surface area contributed by atoms with Crippen molar-refractivity contribution in [3.05, 3.63) is 16.4 Å². The molecule has 1 saturated heterocycles. The van der Waals surface area contributed by atoms with Crippen LogP contribution in [0.5, 0.6) is 0 Å². The highest BCUT2D eigenvalue weighted by atomic mass is 79.9. The molecule has 1 aliphatic rings. The molecule has 2 atom stereocenters. The van der Waals surface area contributed by atoms with Crippen LogP contribution in [0.25, 0.3) is 0 Å². The highest BCUT2D eigenvalue weighted by Crippen LogP contribution is 2.29. The molecule has 0 amide bonds. The van der Waals surface area contributed by atoms with E-state index in [4.69, 9.17) is 5.73 Å². The van der Waals surface area contributed by atoms with E-state index in [1.165, 1.54) is 6.42 Å². The molecule has 0 radical (unpaired) electrons. The van der Waals surface area contributed by atoms with Crippen LogP contribution in [-0.4, -0.2) is 59.4 Å². The third kappa shape index (κ3) is 3.24. The quantitative estimate of drug-likeness (QED) is 0.909. The molecule has 0 aliphatic carbocycles. The van der Waals surface area contributed by atoms with E-state index in [2.05, 4.69) is 58.8 Å². The molecule has 0 spiro atoms. The number of halogens is 1. The van der Waals surface area contributed by atoms with E-state index in [0.29, 0.717) is 12.1 Å². The Morgan fingerprint density at radius 2 is 2.05 bits per heavy atom. The predicted molar refractivity (Wildman–Crippen MR) is 85.8 cm³/mol. The second-order valence-corrected chi connectivity index (χ2v) is 6.96. The summed E-state index contributed by atoms with van der Waals surface area (Å²) in [6.07, 6.45) is 3.05. The van der Waals surface area contributed by atoms with Gasteiger partial charge in [-0.15, -0.1) is 0 Å². The molecule has 6 heteroatoms. The van der Waals surface area contributed by atoms with Crippen LogP contribution in [0, 0.1) is 0 Å². The molecule has 20 heavy (non-hydrogen) atoms. The maximum Gasteiger partial charge on any atom is 0.0713 e. The fraction of sp³-hybridized carbons (Fsp3) is 0.786. The highest BCUT2D eigenvalue weighted by molar-refractivity contribution is 9.10. The molecule has 0 bridgehead atoms. The van der Waals surface area contributed by atoms with Crippen LogP contribution in [0.4, 0.5) is 0 Å². The minimum Gasteiger partial charge on any atom is -0.321 e. The Labute approximate surface area is 130 Å². The monoisotopic (exact) mass is 343 g/mol. The van der Waals surface area contributed by atoms with Crippen molar-refractivity contribution in [2.45, 2.75) is 38.4 Å². The molecule has 2 N–H and O–H groups in total. The number of hydrogen-bond donors (Lipinski definition) is 1. The number of likely N-dealkylation sites (N-methyl/N-ethyl adjacent to an activating group) is 2. The fourth-order valence-electron chi connectivity index (χ4n) is 2.95. The van der Waals surface area contributed by atoms with Gasteiger partial charge < -0.3 is 15.5 Å². The molecule has 2 heterocycles. The molecule has 2 unspecified atom stereocenters. The lowest BCUT2D eigenvalue weighted by Gasteiger charge is -2.33. The summed E-state index contributed by atoms with van der Waals surface area (Å²) in [4.78, 5) is 4.76. The molecule has 5 nitrogen and oxygen atoms in total. The first-order valence-corrected chi connectivity index (χ1v) is 8.08. The van der Waals surface area contributed by atoms with Crippen LogP contribution in [0.2, 0.25) is 0 Å². The largest absolute Gasteiger partial charge is 0.321 e. The molecular weight excluding hydrogens is 318 g/mol. The third-order valence-electron chi connectivity index (χ3n) is 4.12. The van der Waals surface area contributed by atoms with Crippen LogP contribution in [0.3, 0.4) is 0 Å². The smallest absolute Gasteiger partial charge is 0.0713 e. The average Bonchev–Trinajstić information content (AvgIpc) is 2.68. The minimum atomic E-state index is -0.0418. The summed E-state index contributed by atoms with van der Waals surface area (Å²) in [6, 6.07) is 0.587. The van der Waals surface area contributed by atoms with Crippen molar-refractivity contribution in [3.8, 4) is 0 Å². The summed E-state index contributed by atoms with van der Waals surface area (Å²) in [5.74, 6) is 0. The fourth-order valence-corrected chi connectivity index (χ4v) is 3.49. The van der Waals surface area contributed by atoms with Gasteiger partial charge >= 0.3 is 0 Å². The normalized spacial score (nSPS) is 24.1. The van der Waals surface area contributed by atoms with Crippen LogP contribution in [-0.2, 0) is 0 Å². The van der Waals surface area contributed by atoms with Gasteiger partial charge in [0, 0.05) is 18.6 Å². The highest BCUT2D eigenvalue weighted by Gasteiger charge is 2.31. The van der Waals surface area contributed by atoms with E-state index in [9.17, 15) is 0 Å². The van der Waals surface area contributed by atoms with Crippen molar-refractivity contribution in [3.63, 3.8) is 0 Å². The van der Waals surface area contributed by atoms with Crippen LogP contribution >= 0.6 is 15.9 Å². The predicted octanol–water partition coefficient (Wildman–Crippen LogP) is 1.86. The van der Waals surface area contributed by atoms with Gasteiger partial charge in [-0.25, -0.2) is 0 Å². The number of nitrogens with zero attached hydrogens (tertiary/aromatic N) is 4. The van der Waals surface area contributed by atoms with Crippen molar-refractivity contribution in [1.82, 2.24) is 19.6 Å². The van der Waals surface area contributed by atoms with E-state index in [1.54, 1.807) is 0 Å². The minimum absolute atomic E-state index is 0.0418. The van der Waals surface area contributed by atoms with E-state index in [-0.39, 0.29) is 6.04 Å². The molecular formula is C14H26BrN5. The van der Waals surface area contributed by atoms with Crippen molar-refractivity contribution < 1.29 is 0 Å². The number of nitrogens with two attached hydrogens (primary N) is 1. The van der Waals surface area contributed by atoms with Gasteiger partial charge in [-0.3, -0.25) is 4.68 Å². The summed E-state index contributed by atoms with van der Waals surface area (Å²) in [7, 11) is 4.35. The first-order chi connectivity index (χ1) is 9.41. The van der Waals surface area contributed by atoms with Crippen LogP contribution in [0.1, 0.15) is 38.0 Å². The second-order valence-electron chi connectivity index (χ2n) is 6.11. The number of aromatic nitrogens is 2. The number of hydrogen-bond acceptors (Lipinski definition) is 4. The Morgan fingerprint density at radius 1 is 1.35 bits per heavy atom. The zero-order chi connectivity index (χ0) is 14.9. The molecule has 0 aromatic carbocycles. The Morgan fingerprint density at radius 3 is 2.70 bits per heavy atom. The summed E-state index contributed by atoms with van der Waals surface area (Å²) < 4.78 is 3.05. The molecule has 1 fully saturated rings. The van der Waals surface area contributed by atoms with Gasteiger partial charge in [0.05, 0.1) is 22.4 Å². The third-order valence-corrected chi connectivity index (χ3v) is 4.73. The second kappa shape index (κ2) is 6.56. The molecule has 2 rings (SSSR count). The van der Waals surface area contributed by atoms with Gasteiger partial charge in [0.25, 0.3) is 0 Å². The maximum atomic E-state index is 6.62. The topological polar surface area (TPSA) is 50.3 Å². The number of rotatable bonds is 3. The zero-order valence-electron chi connectivity index (χ0n) is 12.9. The van der Waals surface area contributed by atoms with Gasteiger partial charge in [-0.1, -0.05) is 0 Å². The standard InChI is InChI=1S/C14H26BrN5/c1-10(2)20-14(11(15)8-17-20)13(16)12-9-18(3)6-5-7-19(12)4/h8,10,12-13H,5-7,9,16H2,1-4H3. The SMILES string of the molecule is CC(C)n1ncc(Br)c1C(N)C1CN(C)CCCN1C. The first-order valence-electron chi connectivity index (χ1n) is 7.29. The lowest BCUT2D eigenvalue weighted by Crippen LogP contribution is -2.46. The van der Waals surface area contributed by atoms with E-state index in [1.807, 2.05) is 10.9 Å². The first kappa shape index (κ1) is 15.9. The Hall–Kier alpha value is -0.430. The summed E-state index contributed by atoms with van der Waals surface area (Å²) in [5.41, 5.74) is 7.72. The van der Waals surface area contributed by atoms with Crippen LogP contribution in [0.15, 0.2) is 10.7 Å². The molecule has 1 aromatic heterocycles. The summed E-state index contributed by atoms with van der Waals surface area (Å²) in [5, 5.41) is 4.46. The van der Waals surface area contributed by atoms with Crippen LogP contribution < -0.4 is 5.73 Å². The zero-order valence-corrected chi connectivity index (χ0v) is 14.5. The van der Waals surface area contributed by atoms with Crippen molar-refractivity contribution >= 4 is 15.9 Å². The van der Waals surface area contributed by atoms with Gasteiger partial charge in [0.1, 0.15) is 0 Å². The lowest BCUT2D eigenvalue weighted by molar-refractivity contribution is 0.191. The average molecular weight is 344 g/mol. The van der Waals surface area contributed by atoms with E-state index in [0.717, 1.165) is 29.8 Å². The van der Waals surface area contributed by atoms with Gasteiger partial charge in [-0.2, -0.15) is 5.10 Å². The van der Waals surface area contributed by atoms with E-state index < -0.39 is 0 Å². The Bertz CT molecular complexity index is 445. The van der Waals surface area contributed by atoms with Gasteiger partial charge in [0.2, 0.25) is 0 Å². The Kier molecular flexibility index (Phi) is 5.23. The summed E-state index contributed by atoms with van der Waals surface area (Å²) >= 11 is 3.61. The van der Waals surface area contributed by atoms with E-state index >= 15 is 0 Å². The van der Waals surface area contributed by atoms with Gasteiger partial charge in [0.15, 0.2) is 0 Å². The molecule has 1 aromatic rings. The lowest BCUT2D eigenvalue weighted by atomic mass is 10.0. The molecule has 0 saturated carbocycles. The Balaban J connectivity index is 2.29. The molecule has 1 aliphatic heterocycles. The van der Waals surface area contributed by atoms with Gasteiger partial charge in [-0.05, 0) is 63.4 Å².